The molecule has 0 unspecified atom stereocenters. The van der Waals surface area contributed by atoms with Crippen LogP contribution in [0, 0.1) is 0 Å². The second kappa shape index (κ2) is 7.48. The van der Waals surface area contributed by atoms with Gasteiger partial charge in [-0.1, -0.05) is 20.8 Å². The fraction of sp³-hybridized carbons (Fsp3) is 0.750. The molecule has 0 bridgehead atoms. The Morgan fingerprint density at radius 2 is 1.78 bits per heavy atom. The van der Waals surface area contributed by atoms with Crippen molar-refractivity contribution >= 4 is 20.3 Å². The van der Waals surface area contributed by atoms with Crippen LogP contribution in [-0.2, 0) is 28.2 Å². The first kappa shape index (κ1) is 19.7. The summed E-state index contributed by atoms with van der Waals surface area (Å²) in [7, 11) is -2.07. The Bertz CT molecular complexity index is 466. The zero-order valence-corrected chi connectivity index (χ0v) is 16.0. The van der Waals surface area contributed by atoms with Crippen molar-refractivity contribution in [1.82, 2.24) is 0 Å². The zero-order valence-electron chi connectivity index (χ0n) is 15.0. The van der Waals surface area contributed by atoms with E-state index in [0.29, 0.717) is 0 Å². The molecule has 1 heterocycles. The number of carbonyl (C=O) groups is 2. The minimum atomic E-state index is -2.07. The van der Waals surface area contributed by atoms with Gasteiger partial charge >= 0.3 is 11.9 Å². The highest BCUT2D eigenvalue weighted by molar-refractivity contribution is 6.74. The Hall–Kier alpha value is -1.34. The van der Waals surface area contributed by atoms with Gasteiger partial charge in [-0.3, -0.25) is 9.59 Å². The van der Waals surface area contributed by atoms with Crippen LogP contribution in [0.15, 0.2) is 12.3 Å². The molecule has 1 rings (SSSR count). The van der Waals surface area contributed by atoms with Crippen LogP contribution in [0.25, 0.3) is 0 Å². The second-order valence-electron chi connectivity index (χ2n) is 7.22. The molecule has 0 aromatic heterocycles. The molecular weight excluding hydrogens is 316 g/mol. The standard InChI is InChI=1S/C16H28O6Si/c1-11(17)20-10-14-15(21-12(2)18)13(8-9-19-14)22-23(6,7)16(3,4)5/h8-9,13-15H,10H2,1-7H3/t13-,14-,15+/m1/s1. The highest BCUT2D eigenvalue weighted by atomic mass is 28.4. The maximum Gasteiger partial charge on any atom is 0.303 e. The molecule has 0 saturated heterocycles. The quantitative estimate of drug-likeness (QED) is 0.564. The van der Waals surface area contributed by atoms with Crippen LogP contribution in [0.4, 0.5) is 0 Å². The summed E-state index contributed by atoms with van der Waals surface area (Å²) in [6, 6.07) is 0. The van der Waals surface area contributed by atoms with E-state index in [9.17, 15) is 9.59 Å². The number of rotatable bonds is 5. The zero-order chi connectivity index (χ0) is 17.8. The monoisotopic (exact) mass is 344 g/mol. The van der Waals surface area contributed by atoms with E-state index in [-0.39, 0.29) is 11.6 Å². The van der Waals surface area contributed by atoms with Gasteiger partial charge in [0.1, 0.15) is 12.7 Å². The smallest absolute Gasteiger partial charge is 0.303 e. The van der Waals surface area contributed by atoms with E-state index in [0.717, 1.165) is 0 Å². The van der Waals surface area contributed by atoms with E-state index in [1.165, 1.54) is 20.1 Å². The Morgan fingerprint density at radius 3 is 2.26 bits per heavy atom. The van der Waals surface area contributed by atoms with Gasteiger partial charge in [-0.2, -0.15) is 0 Å². The largest absolute Gasteiger partial charge is 0.491 e. The predicted molar refractivity (Wildman–Crippen MR) is 88.3 cm³/mol. The van der Waals surface area contributed by atoms with Crippen molar-refractivity contribution in [2.45, 2.75) is 71.1 Å². The summed E-state index contributed by atoms with van der Waals surface area (Å²) in [6.45, 7) is 13.3. The molecule has 6 nitrogen and oxygen atoms in total. The summed E-state index contributed by atoms with van der Waals surface area (Å²) in [4.78, 5) is 22.5. The average Bonchev–Trinajstić information content (AvgIpc) is 2.36. The van der Waals surface area contributed by atoms with Crippen molar-refractivity contribution in [3.8, 4) is 0 Å². The van der Waals surface area contributed by atoms with Crippen LogP contribution in [-0.4, -0.2) is 45.2 Å². The van der Waals surface area contributed by atoms with Crippen molar-refractivity contribution in [1.29, 1.82) is 0 Å². The van der Waals surface area contributed by atoms with E-state index < -0.39 is 38.6 Å². The summed E-state index contributed by atoms with van der Waals surface area (Å²) in [5, 5.41) is 0.0191. The molecule has 0 N–H and O–H groups in total. The first-order valence-corrected chi connectivity index (χ1v) is 10.7. The first-order chi connectivity index (χ1) is 10.4. The summed E-state index contributed by atoms with van der Waals surface area (Å²) in [5.74, 6) is -0.836. The van der Waals surface area contributed by atoms with Gasteiger partial charge in [0.15, 0.2) is 20.5 Å². The van der Waals surface area contributed by atoms with Crippen molar-refractivity contribution in [3.05, 3.63) is 12.3 Å². The van der Waals surface area contributed by atoms with Crippen molar-refractivity contribution < 1.29 is 28.2 Å². The highest BCUT2D eigenvalue weighted by Crippen LogP contribution is 2.38. The van der Waals surface area contributed by atoms with Crippen molar-refractivity contribution in [2.24, 2.45) is 0 Å². The lowest BCUT2D eigenvalue weighted by molar-refractivity contribution is -0.168. The minimum Gasteiger partial charge on any atom is -0.491 e. The molecular formula is C16H28O6Si. The topological polar surface area (TPSA) is 71.1 Å². The third kappa shape index (κ3) is 5.66. The van der Waals surface area contributed by atoms with Gasteiger partial charge in [0.2, 0.25) is 0 Å². The molecule has 23 heavy (non-hydrogen) atoms. The Kier molecular flexibility index (Phi) is 6.41. The maximum absolute atomic E-state index is 11.4. The highest BCUT2D eigenvalue weighted by Gasteiger charge is 2.44. The molecule has 132 valence electrons. The maximum atomic E-state index is 11.4. The number of hydrogen-bond acceptors (Lipinski definition) is 6. The predicted octanol–water partition coefficient (Wildman–Crippen LogP) is 2.78. The fourth-order valence-electron chi connectivity index (χ4n) is 1.91. The van der Waals surface area contributed by atoms with E-state index in [4.69, 9.17) is 18.6 Å². The average molecular weight is 344 g/mol. The molecule has 0 amide bonds. The summed E-state index contributed by atoms with van der Waals surface area (Å²) < 4.78 is 22.2. The van der Waals surface area contributed by atoms with Crippen molar-refractivity contribution in [2.75, 3.05) is 6.61 Å². The van der Waals surface area contributed by atoms with Gasteiger partial charge in [-0.25, -0.2) is 0 Å². The lowest BCUT2D eigenvalue weighted by atomic mass is 10.1. The van der Waals surface area contributed by atoms with Gasteiger partial charge in [-0.05, 0) is 24.2 Å². The first-order valence-electron chi connectivity index (χ1n) is 7.74. The molecule has 1 aliphatic rings. The van der Waals surface area contributed by atoms with Crippen LogP contribution < -0.4 is 0 Å². The van der Waals surface area contributed by atoms with E-state index in [1.54, 1.807) is 6.08 Å². The minimum absolute atomic E-state index is 0.00891. The van der Waals surface area contributed by atoms with Gasteiger partial charge in [0.05, 0.1) is 6.26 Å². The number of esters is 2. The van der Waals surface area contributed by atoms with Crippen LogP contribution in [0.3, 0.4) is 0 Å². The van der Waals surface area contributed by atoms with Gasteiger partial charge in [0, 0.05) is 13.8 Å². The van der Waals surface area contributed by atoms with Gasteiger partial charge < -0.3 is 18.6 Å². The molecule has 3 atom stereocenters. The van der Waals surface area contributed by atoms with E-state index >= 15 is 0 Å². The van der Waals surface area contributed by atoms with E-state index in [2.05, 4.69) is 33.9 Å². The second-order valence-corrected chi connectivity index (χ2v) is 12.0. The summed E-state index contributed by atoms with van der Waals surface area (Å²) >= 11 is 0. The number of hydrogen-bond donors (Lipinski definition) is 0. The normalized spacial score (nSPS) is 24.7. The third-order valence-corrected chi connectivity index (χ3v) is 8.68. The van der Waals surface area contributed by atoms with Crippen LogP contribution >= 0.6 is 0 Å². The van der Waals surface area contributed by atoms with Crippen LogP contribution in [0.1, 0.15) is 34.6 Å². The van der Waals surface area contributed by atoms with Crippen LogP contribution in [0.5, 0.6) is 0 Å². The summed E-state index contributed by atoms with van der Waals surface area (Å²) in [6.07, 6.45) is 1.62. The van der Waals surface area contributed by atoms with Gasteiger partial charge in [-0.15, -0.1) is 0 Å². The fourth-order valence-corrected chi connectivity index (χ4v) is 3.16. The molecule has 0 aliphatic carbocycles. The molecule has 0 radical (unpaired) electrons. The molecule has 1 aliphatic heterocycles. The lowest BCUT2D eigenvalue weighted by Gasteiger charge is -2.42. The Labute approximate surface area is 139 Å². The third-order valence-electron chi connectivity index (χ3n) is 4.20. The summed E-state index contributed by atoms with van der Waals surface area (Å²) in [5.41, 5.74) is 0. The van der Waals surface area contributed by atoms with Gasteiger partial charge in [0.25, 0.3) is 0 Å². The SMILES string of the molecule is CC(=O)OC[C@H]1OC=C[C@@H](O[Si](C)(C)C(C)(C)C)[C@@H]1OC(C)=O. The molecule has 0 aromatic carbocycles. The molecule has 0 aromatic rings. The molecule has 0 saturated carbocycles. The lowest BCUT2D eigenvalue weighted by Crippen LogP contribution is -2.53. The van der Waals surface area contributed by atoms with Crippen LogP contribution in [0.2, 0.25) is 18.1 Å². The molecule has 7 heteroatoms. The number of ether oxygens (including phenoxy) is 3. The Morgan fingerprint density at radius 1 is 1.17 bits per heavy atom. The molecule has 0 spiro atoms. The molecule has 0 fully saturated rings. The van der Waals surface area contributed by atoms with Crippen molar-refractivity contribution in [3.63, 3.8) is 0 Å². The Balaban J connectivity index is 2.94. The number of carbonyl (C=O) groups excluding carboxylic acids is 2. The van der Waals surface area contributed by atoms with E-state index in [1.807, 2.05) is 0 Å².